The lowest BCUT2D eigenvalue weighted by Gasteiger charge is -2.20. The minimum absolute atomic E-state index is 0.0205. The van der Waals surface area contributed by atoms with Crippen LogP contribution in [0.2, 0.25) is 0 Å². The summed E-state index contributed by atoms with van der Waals surface area (Å²) in [7, 11) is 0. The lowest BCUT2D eigenvalue weighted by atomic mass is 9.94. The van der Waals surface area contributed by atoms with Gasteiger partial charge in [0.25, 0.3) is 5.56 Å². The molecular formula is C10H14IN3O. The molecule has 0 aliphatic heterocycles. The van der Waals surface area contributed by atoms with Crippen LogP contribution in [0.15, 0.2) is 23.8 Å². The molecule has 4 nitrogen and oxygen atoms in total. The van der Waals surface area contributed by atoms with Crippen molar-refractivity contribution >= 4 is 28.4 Å². The van der Waals surface area contributed by atoms with Crippen LogP contribution < -0.4 is 10.9 Å². The van der Waals surface area contributed by atoms with Crippen LogP contribution in [0.4, 0.5) is 5.82 Å². The Morgan fingerprint density at radius 2 is 2.40 bits per heavy atom. The lowest BCUT2D eigenvalue weighted by Crippen LogP contribution is -2.23. The molecule has 0 aliphatic rings. The van der Waals surface area contributed by atoms with E-state index in [2.05, 4.69) is 35.7 Å². The smallest absolute Gasteiger partial charge is 0.266 e. The fourth-order valence-corrected chi connectivity index (χ4v) is 1.38. The molecule has 0 bridgehead atoms. The summed E-state index contributed by atoms with van der Waals surface area (Å²) in [5, 5.41) is 3.14. The zero-order chi connectivity index (χ0) is 11.5. The predicted octanol–water partition coefficient (Wildman–Crippen LogP) is 2.00. The molecule has 0 saturated carbocycles. The van der Waals surface area contributed by atoms with Crippen LogP contribution >= 0.6 is 22.6 Å². The van der Waals surface area contributed by atoms with Crippen molar-refractivity contribution in [3.63, 3.8) is 0 Å². The summed E-state index contributed by atoms with van der Waals surface area (Å²) in [6.07, 6.45) is 3.27. The monoisotopic (exact) mass is 319 g/mol. The van der Waals surface area contributed by atoms with Crippen molar-refractivity contribution in [2.45, 2.75) is 13.8 Å². The summed E-state index contributed by atoms with van der Waals surface area (Å²) in [5.41, 5.74) is -0.141. The van der Waals surface area contributed by atoms with Crippen molar-refractivity contribution in [3.8, 4) is 0 Å². The van der Waals surface area contributed by atoms with Gasteiger partial charge in [-0.25, -0.2) is 4.98 Å². The van der Waals surface area contributed by atoms with Gasteiger partial charge in [0, 0.05) is 6.54 Å². The number of hydrogen-bond donors (Lipinski definition) is 2. The minimum Gasteiger partial charge on any atom is -0.368 e. The highest BCUT2D eigenvalue weighted by Crippen LogP contribution is 2.17. The van der Waals surface area contributed by atoms with E-state index in [0.29, 0.717) is 15.9 Å². The number of hydrogen-bond acceptors (Lipinski definition) is 3. The van der Waals surface area contributed by atoms with Gasteiger partial charge in [-0.3, -0.25) is 4.79 Å². The van der Waals surface area contributed by atoms with Crippen LogP contribution in [0.25, 0.3) is 0 Å². The second-order valence-electron chi connectivity index (χ2n) is 3.94. The van der Waals surface area contributed by atoms with Crippen LogP contribution in [0, 0.1) is 8.99 Å². The van der Waals surface area contributed by atoms with Crippen LogP contribution in [0.1, 0.15) is 13.8 Å². The molecule has 0 fully saturated rings. The van der Waals surface area contributed by atoms with Crippen molar-refractivity contribution in [3.05, 3.63) is 32.9 Å². The van der Waals surface area contributed by atoms with E-state index < -0.39 is 0 Å². The Morgan fingerprint density at radius 1 is 1.73 bits per heavy atom. The van der Waals surface area contributed by atoms with E-state index in [1.54, 1.807) is 0 Å². The van der Waals surface area contributed by atoms with E-state index in [0.717, 1.165) is 0 Å². The maximum absolute atomic E-state index is 11.3. The van der Waals surface area contributed by atoms with Gasteiger partial charge in [0.1, 0.15) is 9.39 Å². The van der Waals surface area contributed by atoms with Crippen molar-refractivity contribution in [1.29, 1.82) is 0 Å². The molecule has 5 heteroatoms. The first-order valence-corrected chi connectivity index (χ1v) is 5.65. The summed E-state index contributed by atoms with van der Waals surface area (Å²) in [6.45, 7) is 8.58. The Bertz CT molecular complexity index is 411. The topological polar surface area (TPSA) is 57.8 Å². The Labute approximate surface area is 102 Å². The summed E-state index contributed by atoms with van der Waals surface area (Å²) in [4.78, 5) is 17.9. The van der Waals surface area contributed by atoms with Gasteiger partial charge in [-0.15, -0.1) is 6.58 Å². The summed E-state index contributed by atoms with van der Waals surface area (Å²) in [6, 6.07) is 0. The zero-order valence-corrected chi connectivity index (χ0v) is 11.0. The maximum atomic E-state index is 11.3. The quantitative estimate of drug-likeness (QED) is 0.659. The van der Waals surface area contributed by atoms with Gasteiger partial charge >= 0.3 is 0 Å². The highest BCUT2D eigenvalue weighted by Gasteiger charge is 2.14. The normalized spacial score (nSPS) is 11.1. The largest absolute Gasteiger partial charge is 0.368 e. The van der Waals surface area contributed by atoms with Crippen LogP contribution in [-0.2, 0) is 0 Å². The molecule has 0 amide bonds. The van der Waals surface area contributed by atoms with Gasteiger partial charge < -0.3 is 10.3 Å². The highest BCUT2D eigenvalue weighted by atomic mass is 127. The average Bonchev–Trinajstić information content (AvgIpc) is 2.20. The second kappa shape index (κ2) is 4.78. The van der Waals surface area contributed by atoms with Gasteiger partial charge in [0.15, 0.2) is 0 Å². The van der Waals surface area contributed by atoms with E-state index in [-0.39, 0.29) is 11.0 Å². The number of nitrogens with zero attached hydrogens (tertiary/aromatic N) is 1. The number of anilines is 1. The first-order valence-electron chi connectivity index (χ1n) is 4.57. The van der Waals surface area contributed by atoms with E-state index in [1.165, 1.54) is 6.33 Å². The molecular weight excluding hydrogens is 305 g/mol. The predicted molar refractivity (Wildman–Crippen MR) is 70.0 cm³/mol. The fraction of sp³-hybridized carbons (Fsp3) is 0.400. The third-order valence-electron chi connectivity index (χ3n) is 2.06. The summed E-state index contributed by atoms with van der Waals surface area (Å²) in [5.74, 6) is 0.620. The van der Waals surface area contributed by atoms with E-state index in [4.69, 9.17) is 0 Å². The molecule has 1 aromatic heterocycles. The molecule has 0 atom stereocenters. The Balaban J connectivity index is 2.78. The van der Waals surface area contributed by atoms with Crippen molar-refractivity contribution in [1.82, 2.24) is 9.97 Å². The standard InChI is InChI=1S/C10H14IN3O/c1-4-10(2,3)5-12-8-7(11)9(15)14-6-13-8/h4,6H,1,5H2,2-3H3,(H2,12,13,14,15). The molecule has 82 valence electrons. The van der Waals surface area contributed by atoms with Crippen LogP contribution in [0.3, 0.4) is 0 Å². The molecule has 0 spiro atoms. The number of aromatic amines is 1. The van der Waals surface area contributed by atoms with E-state index >= 15 is 0 Å². The van der Waals surface area contributed by atoms with Crippen LogP contribution in [-0.4, -0.2) is 16.5 Å². The molecule has 0 aliphatic carbocycles. The Hall–Kier alpha value is -0.850. The van der Waals surface area contributed by atoms with Gasteiger partial charge in [-0.2, -0.15) is 0 Å². The first kappa shape index (κ1) is 12.2. The average molecular weight is 319 g/mol. The molecule has 2 N–H and O–H groups in total. The van der Waals surface area contributed by atoms with E-state index in [1.807, 2.05) is 28.7 Å². The number of rotatable bonds is 4. The zero-order valence-electron chi connectivity index (χ0n) is 8.80. The van der Waals surface area contributed by atoms with Crippen LogP contribution in [0.5, 0.6) is 0 Å². The molecule has 1 rings (SSSR count). The van der Waals surface area contributed by atoms with Crippen molar-refractivity contribution in [2.24, 2.45) is 5.41 Å². The summed E-state index contributed by atoms with van der Waals surface area (Å²) >= 11 is 1.97. The highest BCUT2D eigenvalue weighted by molar-refractivity contribution is 14.1. The number of nitrogens with one attached hydrogen (secondary N) is 2. The number of halogens is 1. The van der Waals surface area contributed by atoms with Gasteiger partial charge in [-0.05, 0) is 28.0 Å². The number of aromatic nitrogens is 2. The lowest BCUT2D eigenvalue weighted by molar-refractivity contribution is 0.513. The van der Waals surface area contributed by atoms with Crippen molar-refractivity contribution in [2.75, 3.05) is 11.9 Å². The maximum Gasteiger partial charge on any atom is 0.266 e. The molecule has 1 aromatic rings. The Kier molecular flexibility index (Phi) is 3.90. The fourth-order valence-electron chi connectivity index (χ4n) is 0.890. The molecule has 1 heterocycles. The van der Waals surface area contributed by atoms with Gasteiger partial charge in [-0.1, -0.05) is 19.9 Å². The third-order valence-corrected chi connectivity index (χ3v) is 3.06. The van der Waals surface area contributed by atoms with Crippen molar-refractivity contribution < 1.29 is 0 Å². The van der Waals surface area contributed by atoms with E-state index in [9.17, 15) is 4.79 Å². The number of H-pyrrole nitrogens is 1. The molecule has 0 radical (unpaired) electrons. The third kappa shape index (κ3) is 3.33. The SMILES string of the molecule is C=CC(C)(C)CNc1nc[nH]c(=O)c1I. The Morgan fingerprint density at radius 3 is 3.00 bits per heavy atom. The molecule has 0 aromatic carbocycles. The first-order chi connectivity index (χ1) is 6.96. The second-order valence-corrected chi connectivity index (χ2v) is 5.02. The summed E-state index contributed by atoms with van der Waals surface area (Å²) < 4.78 is 0.579. The molecule has 0 unspecified atom stereocenters. The van der Waals surface area contributed by atoms with Gasteiger partial charge in [0.05, 0.1) is 6.33 Å². The van der Waals surface area contributed by atoms with Gasteiger partial charge in [0.2, 0.25) is 0 Å². The minimum atomic E-state index is -0.121. The molecule has 15 heavy (non-hydrogen) atoms. The molecule has 0 saturated heterocycles.